The molecule has 1 aromatic heterocycles. The normalized spacial score (nSPS) is 16.6. The first-order valence-corrected chi connectivity index (χ1v) is 5.83. The molecule has 0 atom stereocenters. The number of pyridine rings is 1. The second-order valence-corrected chi connectivity index (χ2v) is 4.01. The molecule has 0 aliphatic carbocycles. The van der Waals surface area contributed by atoms with Crippen molar-refractivity contribution in [2.75, 3.05) is 26.3 Å². The first kappa shape index (κ1) is 12.0. The number of hydrogen-bond acceptors (Lipinski definition) is 4. The Morgan fingerprint density at radius 2 is 2.29 bits per heavy atom. The van der Waals surface area contributed by atoms with Crippen LogP contribution in [0.5, 0.6) is 0 Å². The zero-order valence-corrected chi connectivity index (χ0v) is 9.76. The summed E-state index contributed by atoms with van der Waals surface area (Å²) in [5.74, 6) is -0.0286. The van der Waals surface area contributed by atoms with E-state index in [1.807, 2.05) is 6.07 Å². The van der Waals surface area contributed by atoms with Crippen LogP contribution in [0, 0.1) is 0 Å². The molecule has 0 radical (unpaired) electrons. The number of nitrogens with two attached hydrogens (primary N) is 1. The summed E-state index contributed by atoms with van der Waals surface area (Å²) in [6.45, 7) is 3.15. The lowest BCUT2D eigenvalue weighted by atomic mass is 10.2. The quantitative estimate of drug-likeness (QED) is 0.805. The minimum atomic E-state index is -0.0286. The van der Waals surface area contributed by atoms with Crippen LogP contribution in [0.3, 0.4) is 0 Å². The van der Waals surface area contributed by atoms with Crippen molar-refractivity contribution in [1.82, 2.24) is 9.88 Å². The molecule has 0 saturated carbocycles. The van der Waals surface area contributed by atoms with Crippen LogP contribution in [0.2, 0.25) is 0 Å². The second kappa shape index (κ2) is 5.75. The van der Waals surface area contributed by atoms with E-state index in [1.165, 1.54) is 0 Å². The molecule has 0 bridgehead atoms. The summed E-state index contributed by atoms with van der Waals surface area (Å²) in [4.78, 5) is 18.1. The van der Waals surface area contributed by atoms with E-state index in [-0.39, 0.29) is 5.91 Å². The summed E-state index contributed by atoms with van der Waals surface area (Å²) in [7, 11) is 0. The number of carbonyl (C=O) groups excluding carboxylic acids is 1. The summed E-state index contributed by atoms with van der Waals surface area (Å²) < 4.78 is 5.32. The van der Waals surface area contributed by atoms with Crippen LogP contribution < -0.4 is 5.73 Å². The summed E-state index contributed by atoms with van der Waals surface area (Å²) in [6.07, 6.45) is 2.54. The highest BCUT2D eigenvalue weighted by molar-refractivity contribution is 5.92. The van der Waals surface area contributed by atoms with E-state index in [4.69, 9.17) is 10.5 Å². The maximum Gasteiger partial charge on any atom is 0.272 e. The summed E-state index contributed by atoms with van der Waals surface area (Å²) >= 11 is 0. The zero-order chi connectivity index (χ0) is 12.1. The Balaban J connectivity index is 2.06. The lowest BCUT2D eigenvalue weighted by molar-refractivity contribution is 0.0735. The summed E-state index contributed by atoms with van der Waals surface area (Å²) in [5.41, 5.74) is 6.89. The van der Waals surface area contributed by atoms with Crippen molar-refractivity contribution in [2.45, 2.75) is 13.0 Å². The van der Waals surface area contributed by atoms with E-state index in [2.05, 4.69) is 4.98 Å². The Morgan fingerprint density at radius 3 is 3.00 bits per heavy atom. The van der Waals surface area contributed by atoms with Crippen LogP contribution in [-0.4, -0.2) is 42.1 Å². The van der Waals surface area contributed by atoms with E-state index in [1.54, 1.807) is 17.2 Å². The highest BCUT2D eigenvalue weighted by atomic mass is 16.5. The van der Waals surface area contributed by atoms with Gasteiger partial charge in [-0.25, -0.2) is 0 Å². The topological polar surface area (TPSA) is 68.5 Å². The number of aromatic nitrogens is 1. The van der Waals surface area contributed by atoms with Crippen molar-refractivity contribution in [2.24, 2.45) is 5.73 Å². The molecule has 1 amide bonds. The van der Waals surface area contributed by atoms with Crippen molar-refractivity contribution in [3.8, 4) is 0 Å². The maximum atomic E-state index is 12.1. The number of carbonyl (C=O) groups is 1. The zero-order valence-electron chi connectivity index (χ0n) is 9.76. The van der Waals surface area contributed by atoms with Crippen molar-refractivity contribution < 1.29 is 9.53 Å². The van der Waals surface area contributed by atoms with Crippen molar-refractivity contribution in [3.63, 3.8) is 0 Å². The van der Waals surface area contributed by atoms with Gasteiger partial charge in [0.15, 0.2) is 0 Å². The Hall–Kier alpha value is -1.46. The number of nitrogens with zero attached hydrogens (tertiary/aromatic N) is 2. The maximum absolute atomic E-state index is 12.1. The van der Waals surface area contributed by atoms with Crippen LogP contribution >= 0.6 is 0 Å². The largest absolute Gasteiger partial charge is 0.380 e. The predicted octanol–water partition coefficient (Wildman–Crippen LogP) is 0.403. The Bertz CT molecular complexity index is 370. The first-order valence-electron chi connectivity index (χ1n) is 5.83. The van der Waals surface area contributed by atoms with E-state index < -0.39 is 0 Å². The third kappa shape index (κ3) is 3.01. The molecule has 2 heterocycles. The van der Waals surface area contributed by atoms with Gasteiger partial charge in [0.05, 0.1) is 6.61 Å². The average Bonchev–Trinajstić information content (AvgIpc) is 2.67. The van der Waals surface area contributed by atoms with Crippen molar-refractivity contribution in [3.05, 3.63) is 29.6 Å². The van der Waals surface area contributed by atoms with Crippen LogP contribution in [0.1, 0.15) is 22.5 Å². The minimum Gasteiger partial charge on any atom is -0.380 e. The monoisotopic (exact) mass is 235 g/mol. The SMILES string of the molecule is NCc1ccc(C(=O)N2CCCOCC2)nc1. The molecular weight excluding hydrogens is 218 g/mol. The van der Waals surface area contributed by atoms with Gasteiger partial charge >= 0.3 is 0 Å². The van der Waals surface area contributed by atoms with Gasteiger partial charge in [-0.15, -0.1) is 0 Å². The minimum absolute atomic E-state index is 0.0286. The smallest absolute Gasteiger partial charge is 0.272 e. The number of hydrogen-bond donors (Lipinski definition) is 1. The van der Waals surface area contributed by atoms with E-state index >= 15 is 0 Å². The molecule has 92 valence electrons. The number of ether oxygens (including phenoxy) is 1. The fourth-order valence-corrected chi connectivity index (χ4v) is 1.78. The van der Waals surface area contributed by atoms with Gasteiger partial charge in [-0.2, -0.15) is 0 Å². The van der Waals surface area contributed by atoms with Crippen molar-refractivity contribution in [1.29, 1.82) is 0 Å². The van der Waals surface area contributed by atoms with Gasteiger partial charge in [-0.05, 0) is 18.1 Å². The molecule has 1 fully saturated rings. The second-order valence-electron chi connectivity index (χ2n) is 4.01. The molecule has 5 heteroatoms. The lowest BCUT2D eigenvalue weighted by Gasteiger charge is -2.18. The number of rotatable bonds is 2. The molecule has 17 heavy (non-hydrogen) atoms. The van der Waals surface area contributed by atoms with Crippen LogP contribution in [-0.2, 0) is 11.3 Å². The first-order chi connectivity index (χ1) is 8.31. The van der Waals surface area contributed by atoms with E-state index in [9.17, 15) is 4.79 Å². The van der Waals surface area contributed by atoms with Gasteiger partial charge in [0.1, 0.15) is 5.69 Å². The molecule has 1 aromatic rings. The average molecular weight is 235 g/mol. The highest BCUT2D eigenvalue weighted by Gasteiger charge is 2.18. The Kier molecular flexibility index (Phi) is 4.06. The molecule has 1 saturated heterocycles. The molecule has 2 rings (SSSR count). The fraction of sp³-hybridized carbons (Fsp3) is 0.500. The van der Waals surface area contributed by atoms with Crippen LogP contribution in [0.4, 0.5) is 0 Å². The van der Waals surface area contributed by atoms with Gasteiger partial charge in [0, 0.05) is 32.4 Å². The van der Waals surface area contributed by atoms with E-state index in [0.29, 0.717) is 25.4 Å². The summed E-state index contributed by atoms with van der Waals surface area (Å²) in [5, 5.41) is 0. The molecule has 0 unspecified atom stereocenters. The Labute approximate surface area is 101 Å². The predicted molar refractivity (Wildman–Crippen MR) is 63.5 cm³/mol. The van der Waals surface area contributed by atoms with Gasteiger partial charge in [0.25, 0.3) is 5.91 Å². The molecule has 0 aromatic carbocycles. The van der Waals surface area contributed by atoms with Gasteiger partial charge < -0.3 is 15.4 Å². The van der Waals surface area contributed by atoms with Crippen molar-refractivity contribution >= 4 is 5.91 Å². The van der Waals surface area contributed by atoms with Crippen LogP contribution in [0.15, 0.2) is 18.3 Å². The Morgan fingerprint density at radius 1 is 1.41 bits per heavy atom. The molecule has 1 aliphatic rings. The standard InChI is InChI=1S/C12H17N3O2/c13-8-10-2-3-11(14-9-10)12(16)15-4-1-6-17-7-5-15/h2-3,9H,1,4-8,13H2. The molecular formula is C12H17N3O2. The highest BCUT2D eigenvalue weighted by Crippen LogP contribution is 2.07. The fourth-order valence-electron chi connectivity index (χ4n) is 1.78. The summed E-state index contributed by atoms with van der Waals surface area (Å²) in [6, 6.07) is 3.57. The molecule has 5 nitrogen and oxygen atoms in total. The molecule has 0 spiro atoms. The third-order valence-corrected chi connectivity index (χ3v) is 2.79. The van der Waals surface area contributed by atoms with Gasteiger partial charge in [-0.3, -0.25) is 9.78 Å². The number of amides is 1. The van der Waals surface area contributed by atoms with E-state index in [0.717, 1.165) is 25.1 Å². The third-order valence-electron chi connectivity index (χ3n) is 2.79. The lowest BCUT2D eigenvalue weighted by Crippen LogP contribution is -2.33. The van der Waals surface area contributed by atoms with Gasteiger partial charge in [-0.1, -0.05) is 6.07 Å². The molecule has 1 aliphatic heterocycles. The van der Waals surface area contributed by atoms with Gasteiger partial charge in [0.2, 0.25) is 0 Å². The molecule has 2 N–H and O–H groups in total. The van der Waals surface area contributed by atoms with Crippen LogP contribution in [0.25, 0.3) is 0 Å².